The molecule has 0 amide bonds. The van der Waals surface area contributed by atoms with Crippen molar-refractivity contribution in [1.82, 2.24) is 4.31 Å². The molecule has 0 N–H and O–H groups in total. The molecule has 0 fully saturated rings. The Labute approximate surface area is 139 Å². The zero-order valence-corrected chi connectivity index (χ0v) is 14.0. The minimum Gasteiger partial charge on any atom is -0.207 e. The molecule has 2 rings (SSSR count). The van der Waals surface area contributed by atoms with Crippen LogP contribution in [0.5, 0.6) is 0 Å². The summed E-state index contributed by atoms with van der Waals surface area (Å²) in [7, 11) is -2.36. The van der Waals surface area contributed by atoms with Gasteiger partial charge in [-0.25, -0.2) is 8.42 Å². The lowest BCUT2D eigenvalue weighted by atomic mass is 10.1. The Bertz CT molecular complexity index is 807. The molecule has 0 aliphatic carbocycles. The largest absolute Gasteiger partial charge is 0.246 e. The number of sulfonamides is 1. The van der Waals surface area contributed by atoms with Crippen molar-refractivity contribution in [2.24, 2.45) is 0 Å². The van der Waals surface area contributed by atoms with Gasteiger partial charge in [-0.2, -0.15) is 9.57 Å². The van der Waals surface area contributed by atoms with E-state index in [4.69, 9.17) is 28.5 Å². The Morgan fingerprint density at radius 3 is 2.14 bits per heavy atom. The SMILES string of the molecule is CN(Cc1ccc(C#N)cc1)S(=O)(=O)c1c(Cl)cccc1Cl. The number of halogens is 2. The van der Waals surface area contributed by atoms with Gasteiger partial charge in [0.25, 0.3) is 0 Å². The van der Waals surface area contributed by atoms with Crippen LogP contribution in [0.4, 0.5) is 0 Å². The lowest BCUT2D eigenvalue weighted by Crippen LogP contribution is -2.27. The molecular weight excluding hydrogens is 343 g/mol. The Morgan fingerprint density at radius 2 is 1.64 bits per heavy atom. The van der Waals surface area contributed by atoms with Gasteiger partial charge in [0.2, 0.25) is 10.0 Å². The summed E-state index contributed by atoms with van der Waals surface area (Å²) in [6, 6.07) is 13.3. The third-order valence-corrected chi connectivity index (χ3v) is 5.83. The monoisotopic (exact) mass is 354 g/mol. The molecule has 2 aromatic rings. The summed E-state index contributed by atoms with van der Waals surface area (Å²) >= 11 is 11.9. The molecule has 0 heterocycles. The number of hydrogen-bond donors (Lipinski definition) is 0. The van der Waals surface area contributed by atoms with Crippen molar-refractivity contribution in [1.29, 1.82) is 5.26 Å². The van der Waals surface area contributed by atoms with Crippen LogP contribution in [0.15, 0.2) is 47.4 Å². The summed E-state index contributed by atoms with van der Waals surface area (Å²) in [5.41, 5.74) is 1.27. The number of benzene rings is 2. The first-order valence-electron chi connectivity index (χ1n) is 6.25. The normalized spacial score (nSPS) is 11.4. The van der Waals surface area contributed by atoms with Gasteiger partial charge in [-0.05, 0) is 29.8 Å². The molecule has 7 heteroatoms. The molecule has 22 heavy (non-hydrogen) atoms. The molecule has 0 unspecified atom stereocenters. The minimum atomic E-state index is -3.81. The topological polar surface area (TPSA) is 61.2 Å². The van der Waals surface area contributed by atoms with Crippen molar-refractivity contribution >= 4 is 33.2 Å². The van der Waals surface area contributed by atoms with Crippen LogP contribution in [0.25, 0.3) is 0 Å². The van der Waals surface area contributed by atoms with Crippen LogP contribution in [-0.4, -0.2) is 19.8 Å². The van der Waals surface area contributed by atoms with Crippen LogP contribution < -0.4 is 0 Å². The average molecular weight is 355 g/mol. The van der Waals surface area contributed by atoms with Gasteiger partial charge in [0.15, 0.2) is 0 Å². The second-order valence-corrected chi connectivity index (χ2v) is 7.42. The highest BCUT2D eigenvalue weighted by Crippen LogP contribution is 2.31. The highest BCUT2D eigenvalue weighted by molar-refractivity contribution is 7.89. The van der Waals surface area contributed by atoms with Gasteiger partial charge in [0.05, 0.1) is 21.7 Å². The predicted molar refractivity (Wildman–Crippen MR) is 86.3 cm³/mol. The lowest BCUT2D eigenvalue weighted by molar-refractivity contribution is 0.467. The van der Waals surface area contributed by atoms with Gasteiger partial charge in [-0.15, -0.1) is 0 Å². The molecule has 0 aliphatic heterocycles. The lowest BCUT2D eigenvalue weighted by Gasteiger charge is -2.19. The van der Waals surface area contributed by atoms with Gasteiger partial charge in [-0.1, -0.05) is 41.4 Å². The molecular formula is C15H12Cl2N2O2S. The van der Waals surface area contributed by atoms with Crippen LogP contribution in [0.1, 0.15) is 11.1 Å². The highest BCUT2D eigenvalue weighted by atomic mass is 35.5. The van der Waals surface area contributed by atoms with E-state index in [1.54, 1.807) is 30.3 Å². The number of rotatable bonds is 4. The first kappa shape index (κ1) is 16.8. The van der Waals surface area contributed by atoms with Crippen LogP contribution in [0.3, 0.4) is 0 Å². The standard InChI is InChI=1S/C15H12Cl2N2O2S/c1-19(10-12-7-5-11(9-18)6-8-12)22(20,21)15-13(16)3-2-4-14(15)17/h2-8H,10H2,1H3. The maximum absolute atomic E-state index is 12.6. The van der Waals surface area contributed by atoms with E-state index < -0.39 is 10.0 Å². The summed E-state index contributed by atoms with van der Waals surface area (Å²) < 4.78 is 26.4. The molecule has 0 radical (unpaired) electrons. The van der Waals surface area contributed by atoms with E-state index in [9.17, 15) is 8.42 Å². The Kier molecular flexibility index (Phi) is 5.09. The Balaban J connectivity index is 2.31. The number of nitriles is 1. The molecule has 4 nitrogen and oxygen atoms in total. The van der Waals surface area contributed by atoms with Crippen LogP contribution in [0.2, 0.25) is 10.0 Å². The van der Waals surface area contributed by atoms with Crippen molar-refractivity contribution in [2.45, 2.75) is 11.4 Å². The van der Waals surface area contributed by atoms with Crippen molar-refractivity contribution in [2.75, 3.05) is 7.05 Å². The quantitative estimate of drug-likeness (QED) is 0.840. The molecule has 2 aromatic carbocycles. The zero-order chi connectivity index (χ0) is 16.3. The van der Waals surface area contributed by atoms with Crippen LogP contribution >= 0.6 is 23.2 Å². The van der Waals surface area contributed by atoms with Crippen molar-refractivity contribution < 1.29 is 8.42 Å². The Morgan fingerprint density at radius 1 is 1.09 bits per heavy atom. The average Bonchev–Trinajstić information content (AvgIpc) is 2.47. The third kappa shape index (κ3) is 3.42. The molecule has 114 valence electrons. The van der Waals surface area contributed by atoms with Gasteiger partial charge in [-0.3, -0.25) is 0 Å². The molecule has 0 aromatic heterocycles. The fourth-order valence-electron chi connectivity index (χ4n) is 1.91. The molecule has 0 aliphatic rings. The summed E-state index contributed by atoms with van der Waals surface area (Å²) in [6.45, 7) is 0.148. The molecule has 0 spiro atoms. The maximum Gasteiger partial charge on any atom is 0.246 e. The summed E-state index contributed by atoms with van der Waals surface area (Å²) in [6.07, 6.45) is 0. The second kappa shape index (κ2) is 6.67. The van der Waals surface area contributed by atoms with Gasteiger partial charge in [0, 0.05) is 13.6 Å². The summed E-state index contributed by atoms with van der Waals surface area (Å²) in [5, 5.41) is 8.93. The first-order valence-corrected chi connectivity index (χ1v) is 8.45. The van der Waals surface area contributed by atoms with E-state index in [1.807, 2.05) is 6.07 Å². The highest BCUT2D eigenvalue weighted by Gasteiger charge is 2.26. The number of nitrogens with zero attached hydrogens (tertiary/aromatic N) is 2. The first-order chi connectivity index (χ1) is 10.4. The molecule has 0 saturated carbocycles. The maximum atomic E-state index is 12.6. The predicted octanol–water partition coefficient (Wildman–Crippen LogP) is 3.69. The minimum absolute atomic E-state index is 0.0826. The van der Waals surface area contributed by atoms with Crippen molar-refractivity contribution in [3.8, 4) is 6.07 Å². The van der Waals surface area contributed by atoms with Gasteiger partial charge >= 0.3 is 0 Å². The van der Waals surface area contributed by atoms with E-state index >= 15 is 0 Å². The second-order valence-electron chi connectivity index (χ2n) is 4.62. The van der Waals surface area contributed by atoms with E-state index in [-0.39, 0.29) is 21.5 Å². The van der Waals surface area contributed by atoms with E-state index in [2.05, 4.69) is 0 Å². The van der Waals surface area contributed by atoms with Crippen LogP contribution in [0, 0.1) is 11.3 Å². The van der Waals surface area contributed by atoms with Gasteiger partial charge < -0.3 is 0 Å². The number of hydrogen-bond acceptors (Lipinski definition) is 3. The fraction of sp³-hybridized carbons (Fsp3) is 0.133. The Hall–Kier alpha value is -1.58. The summed E-state index contributed by atoms with van der Waals surface area (Å²) in [5.74, 6) is 0. The molecule has 0 atom stereocenters. The van der Waals surface area contributed by atoms with Gasteiger partial charge in [0.1, 0.15) is 4.90 Å². The van der Waals surface area contributed by atoms with E-state index in [1.165, 1.54) is 23.5 Å². The van der Waals surface area contributed by atoms with E-state index in [0.29, 0.717) is 5.56 Å². The third-order valence-electron chi connectivity index (χ3n) is 3.08. The fourth-order valence-corrected chi connectivity index (χ4v) is 4.15. The van der Waals surface area contributed by atoms with Crippen molar-refractivity contribution in [3.63, 3.8) is 0 Å². The van der Waals surface area contributed by atoms with Crippen molar-refractivity contribution in [3.05, 3.63) is 63.6 Å². The zero-order valence-electron chi connectivity index (χ0n) is 11.6. The smallest absolute Gasteiger partial charge is 0.207 e. The van der Waals surface area contributed by atoms with E-state index in [0.717, 1.165) is 5.56 Å². The molecule has 0 saturated heterocycles. The molecule has 0 bridgehead atoms. The van der Waals surface area contributed by atoms with Crippen LogP contribution in [-0.2, 0) is 16.6 Å². The summed E-state index contributed by atoms with van der Waals surface area (Å²) in [4.78, 5) is -0.102.